The van der Waals surface area contributed by atoms with Gasteiger partial charge in [0.05, 0.1) is 0 Å². The zero-order chi connectivity index (χ0) is 14.5. The molecule has 0 bridgehead atoms. The van der Waals surface area contributed by atoms with Gasteiger partial charge < -0.3 is 10.6 Å². The van der Waals surface area contributed by atoms with Gasteiger partial charge in [0.2, 0.25) is 0 Å². The molecular weight excluding hydrogens is 251 g/mol. The molecule has 0 amide bonds. The molecule has 0 aliphatic heterocycles. The summed E-state index contributed by atoms with van der Waals surface area (Å²) in [7, 11) is 0. The number of nitrogens with two attached hydrogens (primary N) is 1. The molecule has 2 nitrogen and oxygen atoms in total. The first-order valence-electron chi connectivity index (χ1n) is 7.87. The standard InChI is InChI=1S/C17H27FN2/c1-3-20(14-8-4-5-9-14)12-13(2)17(19)15-10-6-7-11-16(15)18/h6-7,10-11,13-14,17H,3-5,8-9,12,19H2,1-2H3. The lowest BCUT2D eigenvalue weighted by Crippen LogP contribution is -2.39. The van der Waals surface area contributed by atoms with Crippen LogP contribution < -0.4 is 5.73 Å². The Bertz CT molecular complexity index is 415. The highest BCUT2D eigenvalue weighted by atomic mass is 19.1. The minimum absolute atomic E-state index is 0.184. The van der Waals surface area contributed by atoms with Gasteiger partial charge in [-0.3, -0.25) is 0 Å². The van der Waals surface area contributed by atoms with Gasteiger partial charge >= 0.3 is 0 Å². The molecule has 1 aliphatic carbocycles. The normalized spacial score (nSPS) is 19.4. The second-order valence-electron chi connectivity index (χ2n) is 6.05. The molecule has 20 heavy (non-hydrogen) atoms. The van der Waals surface area contributed by atoms with Gasteiger partial charge in [-0.1, -0.05) is 44.9 Å². The maximum Gasteiger partial charge on any atom is 0.127 e. The van der Waals surface area contributed by atoms with E-state index in [1.165, 1.54) is 31.7 Å². The van der Waals surface area contributed by atoms with E-state index in [1.54, 1.807) is 6.07 Å². The predicted octanol–water partition coefficient (Wildman–Crippen LogP) is 3.73. The molecule has 2 unspecified atom stereocenters. The Hall–Kier alpha value is -0.930. The number of halogens is 1. The van der Waals surface area contributed by atoms with Crippen molar-refractivity contribution in [3.8, 4) is 0 Å². The number of hydrogen-bond donors (Lipinski definition) is 1. The highest BCUT2D eigenvalue weighted by molar-refractivity contribution is 5.21. The minimum Gasteiger partial charge on any atom is -0.324 e. The maximum atomic E-state index is 13.8. The molecule has 2 atom stereocenters. The first kappa shape index (κ1) is 15.5. The molecule has 1 aliphatic rings. The number of rotatable bonds is 6. The van der Waals surface area contributed by atoms with E-state index in [4.69, 9.17) is 5.73 Å². The van der Waals surface area contributed by atoms with Crippen LogP contribution in [0.25, 0.3) is 0 Å². The van der Waals surface area contributed by atoms with E-state index >= 15 is 0 Å². The van der Waals surface area contributed by atoms with Gasteiger partial charge in [-0.05, 0) is 31.4 Å². The quantitative estimate of drug-likeness (QED) is 0.859. The fourth-order valence-electron chi connectivity index (χ4n) is 3.34. The number of hydrogen-bond acceptors (Lipinski definition) is 2. The van der Waals surface area contributed by atoms with Crippen LogP contribution in [-0.4, -0.2) is 24.0 Å². The van der Waals surface area contributed by atoms with Crippen LogP contribution in [0, 0.1) is 11.7 Å². The molecule has 1 aromatic rings. The highest BCUT2D eigenvalue weighted by Crippen LogP contribution is 2.27. The smallest absolute Gasteiger partial charge is 0.127 e. The number of nitrogens with zero attached hydrogens (tertiary/aromatic N) is 1. The third-order valence-corrected chi connectivity index (χ3v) is 4.65. The van der Waals surface area contributed by atoms with Crippen molar-refractivity contribution >= 4 is 0 Å². The average molecular weight is 278 g/mol. The molecule has 0 aromatic heterocycles. The van der Waals surface area contributed by atoms with E-state index in [0.717, 1.165) is 13.1 Å². The van der Waals surface area contributed by atoms with Gasteiger partial charge in [0.15, 0.2) is 0 Å². The highest BCUT2D eigenvalue weighted by Gasteiger charge is 2.25. The largest absolute Gasteiger partial charge is 0.324 e. The van der Waals surface area contributed by atoms with E-state index < -0.39 is 0 Å². The van der Waals surface area contributed by atoms with Crippen molar-refractivity contribution in [3.05, 3.63) is 35.6 Å². The third-order valence-electron chi connectivity index (χ3n) is 4.65. The topological polar surface area (TPSA) is 29.3 Å². The summed E-state index contributed by atoms with van der Waals surface area (Å²) in [4.78, 5) is 2.53. The second kappa shape index (κ2) is 7.19. The molecule has 0 saturated heterocycles. The Kier molecular flexibility index (Phi) is 5.55. The van der Waals surface area contributed by atoms with Crippen molar-refractivity contribution in [1.29, 1.82) is 0 Å². The first-order valence-corrected chi connectivity index (χ1v) is 7.87. The summed E-state index contributed by atoms with van der Waals surface area (Å²) in [6.45, 7) is 6.35. The van der Waals surface area contributed by atoms with Gasteiger partial charge in [0, 0.05) is 24.2 Å². The SMILES string of the molecule is CCN(CC(C)C(N)c1ccccc1F)C1CCCC1. The second-order valence-corrected chi connectivity index (χ2v) is 6.05. The van der Waals surface area contributed by atoms with Crippen LogP contribution >= 0.6 is 0 Å². The molecule has 1 aromatic carbocycles. The summed E-state index contributed by atoms with van der Waals surface area (Å²) < 4.78 is 13.8. The summed E-state index contributed by atoms with van der Waals surface area (Å²) in [5, 5.41) is 0. The van der Waals surface area contributed by atoms with Gasteiger partial charge in [0.25, 0.3) is 0 Å². The van der Waals surface area contributed by atoms with Crippen LogP contribution in [0.2, 0.25) is 0 Å². The fourth-order valence-corrected chi connectivity index (χ4v) is 3.34. The van der Waals surface area contributed by atoms with Crippen molar-refractivity contribution in [3.63, 3.8) is 0 Å². The Labute approximate surface area is 122 Å². The molecule has 1 saturated carbocycles. The zero-order valence-electron chi connectivity index (χ0n) is 12.7. The van der Waals surface area contributed by atoms with E-state index in [1.807, 2.05) is 12.1 Å². The lowest BCUT2D eigenvalue weighted by Gasteiger charge is -2.32. The van der Waals surface area contributed by atoms with E-state index in [2.05, 4.69) is 18.7 Å². The van der Waals surface area contributed by atoms with Crippen molar-refractivity contribution in [2.24, 2.45) is 11.7 Å². The van der Waals surface area contributed by atoms with Crippen molar-refractivity contribution in [2.45, 2.75) is 51.6 Å². The van der Waals surface area contributed by atoms with Crippen LogP contribution in [0.4, 0.5) is 4.39 Å². The minimum atomic E-state index is -0.230. The van der Waals surface area contributed by atoms with Crippen LogP contribution in [0.3, 0.4) is 0 Å². The Morgan fingerprint density at radius 2 is 1.95 bits per heavy atom. The zero-order valence-corrected chi connectivity index (χ0v) is 12.7. The van der Waals surface area contributed by atoms with Gasteiger partial charge in [-0.2, -0.15) is 0 Å². The third kappa shape index (κ3) is 3.58. The molecule has 2 N–H and O–H groups in total. The van der Waals surface area contributed by atoms with Gasteiger partial charge in [0.1, 0.15) is 5.82 Å². The molecule has 2 rings (SSSR count). The predicted molar refractivity (Wildman–Crippen MR) is 82.0 cm³/mol. The molecule has 112 valence electrons. The number of benzene rings is 1. The van der Waals surface area contributed by atoms with E-state index in [0.29, 0.717) is 11.6 Å². The van der Waals surface area contributed by atoms with Gasteiger partial charge in [-0.15, -0.1) is 0 Å². The monoisotopic (exact) mass is 278 g/mol. The summed E-state index contributed by atoms with van der Waals surface area (Å²) in [6.07, 6.45) is 5.29. The molecule has 3 heteroatoms. The maximum absolute atomic E-state index is 13.8. The fraction of sp³-hybridized carbons (Fsp3) is 0.647. The molecule has 1 fully saturated rings. The lowest BCUT2D eigenvalue weighted by atomic mass is 9.94. The molecule has 0 radical (unpaired) electrons. The average Bonchev–Trinajstić information content (AvgIpc) is 2.98. The Morgan fingerprint density at radius 3 is 2.55 bits per heavy atom. The van der Waals surface area contributed by atoms with Gasteiger partial charge in [-0.25, -0.2) is 4.39 Å². The summed E-state index contributed by atoms with van der Waals surface area (Å²) >= 11 is 0. The van der Waals surface area contributed by atoms with Crippen molar-refractivity contribution in [1.82, 2.24) is 4.90 Å². The molecular formula is C17H27FN2. The van der Waals surface area contributed by atoms with E-state index in [9.17, 15) is 4.39 Å². The summed E-state index contributed by atoms with van der Waals surface area (Å²) in [5.41, 5.74) is 6.92. The first-order chi connectivity index (χ1) is 9.63. The van der Waals surface area contributed by atoms with Crippen molar-refractivity contribution in [2.75, 3.05) is 13.1 Å². The molecule has 0 heterocycles. The van der Waals surface area contributed by atoms with Crippen LogP contribution in [0.1, 0.15) is 51.1 Å². The molecule has 0 spiro atoms. The summed E-state index contributed by atoms with van der Waals surface area (Å²) in [5.74, 6) is 0.0724. The Balaban J connectivity index is 1.99. The van der Waals surface area contributed by atoms with E-state index in [-0.39, 0.29) is 17.8 Å². The van der Waals surface area contributed by atoms with Crippen LogP contribution in [-0.2, 0) is 0 Å². The summed E-state index contributed by atoms with van der Waals surface area (Å²) in [6, 6.07) is 7.35. The van der Waals surface area contributed by atoms with Crippen LogP contribution in [0.5, 0.6) is 0 Å². The lowest BCUT2D eigenvalue weighted by molar-refractivity contribution is 0.171. The van der Waals surface area contributed by atoms with Crippen molar-refractivity contribution < 1.29 is 4.39 Å². The van der Waals surface area contributed by atoms with Crippen LogP contribution in [0.15, 0.2) is 24.3 Å². The Morgan fingerprint density at radius 1 is 1.30 bits per heavy atom.